The average molecular weight is 397 g/mol. The van der Waals surface area contributed by atoms with Crippen molar-refractivity contribution in [1.82, 2.24) is 14.6 Å². The van der Waals surface area contributed by atoms with E-state index in [1.165, 1.54) is 6.07 Å². The van der Waals surface area contributed by atoms with Gasteiger partial charge in [0.05, 0.1) is 29.6 Å². The van der Waals surface area contributed by atoms with Crippen molar-refractivity contribution in [3.05, 3.63) is 83.8 Å². The van der Waals surface area contributed by atoms with Crippen LogP contribution >= 0.6 is 0 Å². The van der Waals surface area contributed by atoms with Gasteiger partial charge in [-0.25, -0.2) is 13.9 Å². The SMILES string of the molecule is N#Cc1cccc(-c2cnc3ccc(N4CCCCC4c4cccc(F)c4)nn23)c1. The predicted molar refractivity (Wildman–Crippen MR) is 113 cm³/mol. The third-order valence-electron chi connectivity index (χ3n) is 5.67. The van der Waals surface area contributed by atoms with Crippen LogP contribution in [0.1, 0.15) is 36.4 Å². The molecule has 30 heavy (non-hydrogen) atoms. The maximum atomic E-state index is 13.9. The third kappa shape index (κ3) is 3.29. The summed E-state index contributed by atoms with van der Waals surface area (Å²) in [6.07, 6.45) is 4.93. The number of aromatic nitrogens is 3. The number of benzene rings is 2. The van der Waals surface area contributed by atoms with E-state index in [2.05, 4.69) is 16.0 Å². The summed E-state index contributed by atoms with van der Waals surface area (Å²) >= 11 is 0. The molecule has 2 aromatic carbocycles. The lowest BCUT2D eigenvalue weighted by atomic mass is 9.95. The zero-order chi connectivity index (χ0) is 20.5. The monoisotopic (exact) mass is 397 g/mol. The number of halogens is 1. The minimum atomic E-state index is -0.212. The summed E-state index contributed by atoms with van der Waals surface area (Å²) in [5.41, 5.74) is 4.05. The van der Waals surface area contributed by atoms with Crippen molar-refractivity contribution in [3.8, 4) is 17.3 Å². The summed E-state index contributed by atoms with van der Waals surface area (Å²) in [7, 11) is 0. The number of rotatable bonds is 3. The summed E-state index contributed by atoms with van der Waals surface area (Å²) in [5.74, 6) is 0.628. The van der Waals surface area contributed by atoms with Crippen molar-refractivity contribution >= 4 is 11.5 Å². The molecule has 0 saturated carbocycles. The van der Waals surface area contributed by atoms with Gasteiger partial charge in [0.1, 0.15) is 11.6 Å². The highest BCUT2D eigenvalue weighted by atomic mass is 19.1. The highest BCUT2D eigenvalue weighted by Crippen LogP contribution is 2.34. The van der Waals surface area contributed by atoms with E-state index < -0.39 is 0 Å². The Morgan fingerprint density at radius 1 is 1.03 bits per heavy atom. The number of fused-ring (bicyclic) bond motifs is 1. The van der Waals surface area contributed by atoms with Crippen molar-refractivity contribution in [2.24, 2.45) is 0 Å². The van der Waals surface area contributed by atoms with Crippen LogP contribution in [-0.2, 0) is 0 Å². The normalized spacial score (nSPS) is 16.5. The van der Waals surface area contributed by atoms with Crippen molar-refractivity contribution < 1.29 is 4.39 Å². The standard InChI is InChI=1S/C24H20FN5/c25-20-8-4-7-19(14-20)21-9-1-2-12-29(21)24-11-10-23-27-16-22(30(23)28-24)18-6-3-5-17(13-18)15-26/h3-8,10-11,13-14,16,21H,1-2,9,12H2. The molecule has 148 valence electrons. The van der Waals surface area contributed by atoms with Gasteiger partial charge in [-0.2, -0.15) is 5.26 Å². The molecule has 0 spiro atoms. The van der Waals surface area contributed by atoms with Gasteiger partial charge in [0.15, 0.2) is 5.65 Å². The first-order chi connectivity index (χ1) is 14.7. The van der Waals surface area contributed by atoms with E-state index in [-0.39, 0.29) is 11.9 Å². The molecule has 1 unspecified atom stereocenters. The van der Waals surface area contributed by atoms with Crippen LogP contribution in [0.4, 0.5) is 10.2 Å². The lowest BCUT2D eigenvalue weighted by Gasteiger charge is -2.37. The first-order valence-corrected chi connectivity index (χ1v) is 10.1. The van der Waals surface area contributed by atoms with E-state index in [0.29, 0.717) is 5.56 Å². The van der Waals surface area contributed by atoms with E-state index in [0.717, 1.165) is 54.1 Å². The van der Waals surface area contributed by atoms with Gasteiger partial charge in [-0.15, -0.1) is 5.10 Å². The fourth-order valence-corrected chi connectivity index (χ4v) is 4.23. The Hall–Kier alpha value is -3.72. The maximum absolute atomic E-state index is 13.9. The van der Waals surface area contributed by atoms with Gasteiger partial charge in [0, 0.05) is 12.1 Å². The van der Waals surface area contributed by atoms with Crippen LogP contribution in [0.15, 0.2) is 66.9 Å². The van der Waals surface area contributed by atoms with Crippen molar-refractivity contribution in [2.45, 2.75) is 25.3 Å². The zero-order valence-corrected chi connectivity index (χ0v) is 16.4. The van der Waals surface area contributed by atoms with Crippen LogP contribution in [0.2, 0.25) is 0 Å². The van der Waals surface area contributed by atoms with Gasteiger partial charge < -0.3 is 4.90 Å². The summed E-state index contributed by atoms with van der Waals surface area (Å²) < 4.78 is 15.7. The summed E-state index contributed by atoms with van der Waals surface area (Å²) in [5, 5.41) is 14.1. The zero-order valence-electron chi connectivity index (χ0n) is 16.4. The molecular weight excluding hydrogens is 377 g/mol. The quantitative estimate of drug-likeness (QED) is 0.480. The van der Waals surface area contributed by atoms with Crippen LogP contribution in [0, 0.1) is 17.1 Å². The molecule has 4 aromatic rings. The molecule has 0 N–H and O–H groups in total. The first-order valence-electron chi connectivity index (χ1n) is 10.1. The molecule has 0 amide bonds. The Bertz CT molecular complexity index is 1260. The van der Waals surface area contributed by atoms with Gasteiger partial charge in [-0.3, -0.25) is 0 Å². The molecule has 6 heteroatoms. The Morgan fingerprint density at radius 3 is 2.80 bits per heavy atom. The number of imidazole rings is 1. The van der Waals surface area contributed by atoms with Gasteiger partial charge >= 0.3 is 0 Å². The smallest absolute Gasteiger partial charge is 0.154 e. The summed E-state index contributed by atoms with van der Waals surface area (Å²) in [4.78, 5) is 6.73. The summed E-state index contributed by atoms with van der Waals surface area (Å²) in [6, 6.07) is 20.5. The van der Waals surface area contributed by atoms with Gasteiger partial charge in [0.2, 0.25) is 0 Å². The fraction of sp³-hybridized carbons (Fsp3) is 0.208. The lowest BCUT2D eigenvalue weighted by Crippen LogP contribution is -2.34. The van der Waals surface area contributed by atoms with Crippen LogP contribution < -0.4 is 4.90 Å². The Labute approximate surface area is 174 Å². The van der Waals surface area contributed by atoms with Gasteiger partial charge in [0.25, 0.3) is 0 Å². The molecule has 1 saturated heterocycles. The van der Waals surface area contributed by atoms with Crippen LogP contribution in [0.3, 0.4) is 0 Å². The lowest BCUT2D eigenvalue weighted by molar-refractivity contribution is 0.465. The molecule has 1 atom stereocenters. The van der Waals surface area contributed by atoms with Crippen molar-refractivity contribution in [1.29, 1.82) is 5.26 Å². The van der Waals surface area contributed by atoms with E-state index in [1.54, 1.807) is 24.4 Å². The van der Waals surface area contributed by atoms with E-state index >= 15 is 0 Å². The van der Waals surface area contributed by atoms with Crippen LogP contribution in [-0.4, -0.2) is 21.1 Å². The molecule has 2 aromatic heterocycles. The first kappa shape index (κ1) is 18.3. The number of nitrogens with zero attached hydrogens (tertiary/aromatic N) is 5. The summed E-state index contributed by atoms with van der Waals surface area (Å²) in [6.45, 7) is 0.869. The van der Waals surface area contributed by atoms with Gasteiger partial charge in [-0.1, -0.05) is 24.3 Å². The number of nitriles is 1. The predicted octanol–water partition coefficient (Wildman–Crippen LogP) is 5.14. The second-order valence-corrected chi connectivity index (χ2v) is 7.56. The number of piperidine rings is 1. The van der Waals surface area contributed by atoms with Crippen molar-refractivity contribution in [2.75, 3.05) is 11.4 Å². The fourth-order valence-electron chi connectivity index (χ4n) is 4.23. The number of anilines is 1. The molecule has 0 bridgehead atoms. The van der Waals surface area contributed by atoms with E-state index in [1.807, 2.05) is 40.9 Å². The van der Waals surface area contributed by atoms with Crippen molar-refractivity contribution in [3.63, 3.8) is 0 Å². The minimum absolute atomic E-state index is 0.0910. The Morgan fingerprint density at radius 2 is 1.93 bits per heavy atom. The molecule has 0 radical (unpaired) electrons. The molecule has 1 aliphatic heterocycles. The minimum Gasteiger partial charge on any atom is -0.348 e. The Kier molecular flexibility index (Phi) is 4.64. The third-order valence-corrected chi connectivity index (χ3v) is 5.67. The second-order valence-electron chi connectivity index (χ2n) is 7.56. The molecule has 1 aliphatic rings. The number of hydrogen-bond acceptors (Lipinski definition) is 4. The van der Waals surface area contributed by atoms with Crippen LogP contribution in [0.25, 0.3) is 16.9 Å². The molecule has 5 nitrogen and oxygen atoms in total. The van der Waals surface area contributed by atoms with E-state index in [4.69, 9.17) is 5.10 Å². The second kappa shape index (κ2) is 7.60. The molecular formula is C24H20FN5. The largest absolute Gasteiger partial charge is 0.348 e. The average Bonchev–Trinajstić information content (AvgIpc) is 3.22. The Balaban J connectivity index is 1.57. The van der Waals surface area contributed by atoms with E-state index in [9.17, 15) is 9.65 Å². The molecule has 3 heterocycles. The molecule has 5 rings (SSSR count). The van der Waals surface area contributed by atoms with Crippen LogP contribution in [0.5, 0.6) is 0 Å². The van der Waals surface area contributed by atoms with Gasteiger partial charge in [-0.05, 0) is 61.2 Å². The maximum Gasteiger partial charge on any atom is 0.154 e. The topological polar surface area (TPSA) is 57.2 Å². The highest BCUT2D eigenvalue weighted by Gasteiger charge is 2.26. The highest BCUT2D eigenvalue weighted by molar-refractivity contribution is 5.65. The molecule has 0 aliphatic carbocycles. The number of hydrogen-bond donors (Lipinski definition) is 0. The molecule has 1 fully saturated rings.